The van der Waals surface area contributed by atoms with Crippen molar-refractivity contribution in [3.8, 4) is 5.69 Å². The lowest BCUT2D eigenvalue weighted by Gasteiger charge is -2.15. The molecule has 14 heteroatoms. The second kappa shape index (κ2) is 24.6. The minimum Gasteiger partial charge on any atom is -0.481 e. The van der Waals surface area contributed by atoms with Crippen LogP contribution in [0.5, 0.6) is 0 Å². The van der Waals surface area contributed by atoms with E-state index in [-0.39, 0.29) is 32.4 Å². The SMILES string of the molecule is C.C.CC(=O)O.CC(C)=O.C[Si](C)(C)C#N.[2H]c1cc(C(=O)NC([2H])([2H])[2H])c(F)c([2H])c1N.[2H]c1cc(C(=O)NC([2H])([2H])[2H])c(F)c([2H])c1NC(C)(C)[N+]#[C-]. The van der Waals surface area contributed by atoms with Crippen molar-refractivity contribution < 1.29 is 46.8 Å². The molecule has 0 aliphatic carbocycles. The fourth-order valence-electron chi connectivity index (χ4n) is 1.72. The van der Waals surface area contributed by atoms with Gasteiger partial charge in [-0.3, -0.25) is 19.2 Å². The van der Waals surface area contributed by atoms with Gasteiger partial charge in [0.1, 0.15) is 17.4 Å². The van der Waals surface area contributed by atoms with Crippen LogP contribution in [0.3, 0.4) is 0 Å². The molecule has 0 saturated heterocycles. The Hall–Kier alpha value is -4.82. The summed E-state index contributed by atoms with van der Waals surface area (Å²) in [5.41, 5.74) is 4.24. The van der Waals surface area contributed by atoms with E-state index in [1.54, 1.807) is 10.6 Å². The number of ketones is 1. The maximum Gasteiger partial charge on any atom is 0.300 e. The number of hydrogen-bond acceptors (Lipinski definition) is 7. The summed E-state index contributed by atoms with van der Waals surface area (Å²) in [6.07, 6.45) is 0. The van der Waals surface area contributed by atoms with Gasteiger partial charge in [0.15, 0.2) is 8.07 Å². The Morgan fingerprint density at radius 2 is 1.36 bits per heavy atom. The number of carbonyl (C=O) groups is 4. The standard InChI is InChI=1S/C12H14FN3O.C8H9FN2O.C4H9NSi.C3H6O.C2H4O2.2CH4/c1-12(2,15-4)16-8-5-6-9(10(13)7-8)11(17)14-3;1-11-8(12)6-3-2-5(10)4-7(6)9;1-6(2,3)4-5;1-3(2)4;1-2(3)4;;/h5-7,16H,1-3H3,(H,14,17);2-4H,10H2,1H3,(H,11,12);1-3H3;1-2H3;1H3,(H,3,4);2*1H4/i3D3,5D,7D;1D3,2D,4D;;;;;. The van der Waals surface area contributed by atoms with Gasteiger partial charge < -0.3 is 31.6 Å². The molecule has 252 valence electrons. The summed E-state index contributed by atoms with van der Waals surface area (Å²) >= 11 is 0. The topological polar surface area (TPSA) is 179 Å². The van der Waals surface area contributed by atoms with Gasteiger partial charge in [0.05, 0.1) is 16.6 Å². The molecule has 0 saturated carbocycles. The molecule has 0 bridgehead atoms. The summed E-state index contributed by atoms with van der Waals surface area (Å²) < 4.78 is 98.6. The molecule has 0 aromatic heterocycles. The maximum absolute atomic E-state index is 14.1. The maximum atomic E-state index is 14.1. The molecule has 0 radical (unpaired) electrons. The summed E-state index contributed by atoms with van der Waals surface area (Å²) in [6, 6.07) is -0.778. The van der Waals surface area contributed by atoms with Gasteiger partial charge in [-0.15, -0.1) is 0 Å². The number of nitriles is 1. The van der Waals surface area contributed by atoms with E-state index >= 15 is 0 Å². The number of nitrogens with two attached hydrogens (primary N) is 1. The molecule has 0 unspecified atom stereocenters. The monoisotopic (exact) mass is 662 g/mol. The molecule has 2 aromatic rings. The second-order valence-corrected chi connectivity index (χ2v) is 14.3. The van der Waals surface area contributed by atoms with Gasteiger partial charge in [-0.25, -0.2) is 20.6 Å². The van der Waals surface area contributed by atoms with E-state index in [1.807, 2.05) is 19.6 Å². The number of nitrogen functional groups attached to an aromatic ring is 1. The fraction of sp³-hybridized carbons (Fsp3) is 0.419. The van der Waals surface area contributed by atoms with Crippen LogP contribution in [0.25, 0.3) is 4.85 Å². The number of amides is 2. The normalized spacial score (nSPS) is 12.8. The molecule has 0 aliphatic heterocycles. The highest BCUT2D eigenvalue weighted by molar-refractivity contribution is 6.83. The third kappa shape index (κ3) is 27.7. The summed E-state index contributed by atoms with van der Waals surface area (Å²) in [4.78, 5) is 44.7. The molecule has 2 rings (SSSR count). The van der Waals surface area contributed by atoms with Crippen molar-refractivity contribution in [2.45, 2.75) is 74.8 Å². The van der Waals surface area contributed by atoms with Crippen LogP contribution in [0.2, 0.25) is 19.6 Å². The highest BCUT2D eigenvalue weighted by atomic mass is 28.3. The molecule has 0 atom stereocenters. The van der Waals surface area contributed by atoms with Crippen molar-refractivity contribution in [2.75, 3.05) is 25.0 Å². The largest absolute Gasteiger partial charge is 0.481 e. The van der Waals surface area contributed by atoms with Gasteiger partial charge in [-0.2, -0.15) is 0 Å². The molecule has 11 nitrogen and oxygen atoms in total. The predicted octanol–water partition coefficient (Wildman–Crippen LogP) is 6.37. The predicted molar refractivity (Wildman–Crippen MR) is 180 cm³/mol. The van der Waals surface area contributed by atoms with Crippen molar-refractivity contribution in [1.82, 2.24) is 10.6 Å². The first-order chi connectivity index (χ1) is 23.5. The minimum absolute atomic E-state index is 0. The van der Waals surface area contributed by atoms with Crippen molar-refractivity contribution in [3.05, 3.63) is 70.5 Å². The van der Waals surface area contributed by atoms with E-state index in [2.05, 4.69) is 15.9 Å². The van der Waals surface area contributed by atoms with Gasteiger partial charge in [0.2, 0.25) is 0 Å². The van der Waals surface area contributed by atoms with Crippen LogP contribution in [0.4, 0.5) is 20.2 Å². The minimum atomic E-state index is -2.81. The summed E-state index contributed by atoms with van der Waals surface area (Å²) in [6.45, 7) is 14.6. The number of Topliss-reactive ketones (excluding diaryl/α,β-unsaturated/α-hetero) is 1. The highest BCUT2D eigenvalue weighted by Gasteiger charge is 2.22. The Kier molecular flexibility index (Phi) is 16.5. The average Bonchev–Trinajstić information content (AvgIpc) is 2.95. The summed E-state index contributed by atoms with van der Waals surface area (Å²) in [7, 11) is -1.33. The van der Waals surface area contributed by atoms with E-state index in [0.29, 0.717) is 0 Å². The quantitative estimate of drug-likeness (QED) is 0.142. The van der Waals surface area contributed by atoms with Gasteiger partial charge in [0, 0.05) is 60.0 Å². The third-order valence-electron chi connectivity index (χ3n) is 3.45. The number of hydrogen-bond donors (Lipinski definition) is 5. The Bertz CT molecular complexity index is 1700. The molecule has 2 amide bonds. The van der Waals surface area contributed by atoms with Crippen LogP contribution < -0.4 is 21.7 Å². The number of benzene rings is 2. The molecule has 0 spiro atoms. The molecule has 0 aliphatic rings. The van der Waals surface area contributed by atoms with Crippen molar-refractivity contribution in [2.24, 2.45) is 0 Å². The number of aliphatic carboxylic acids is 1. The Morgan fingerprint density at radius 1 is 1.00 bits per heavy atom. The summed E-state index contributed by atoms with van der Waals surface area (Å²) in [5, 5.41) is 21.3. The first-order valence-electron chi connectivity index (χ1n) is 16.8. The smallest absolute Gasteiger partial charge is 0.300 e. The van der Waals surface area contributed by atoms with Gasteiger partial charge >= 0.3 is 0 Å². The zero-order valence-electron chi connectivity index (χ0n) is 35.0. The lowest BCUT2D eigenvalue weighted by atomic mass is 10.1. The molecule has 2 aromatic carbocycles. The molecular formula is C31H50F2N6O5Si. The van der Waals surface area contributed by atoms with E-state index in [0.717, 1.165) is 19.1 Å². The molecule has 45 heavy (non-hydrogen) atoms. The summed E-state index contributed by atoms with van der Waals surface area (Å²) in [5.74, 6) is -5.64. The van der Waals surface area contributed by atoms with Crippen LogP contribution in [-0.2, 0) is 9.59 Å². The van der Waals surface area contributed by atoms with Crippen molar-refractivity contribution in [1.29, 1.82) is 5.26 Å². The third-order valence-corrected chi connectivity index (χ3v) is 4.12. The van der Waals surface area contributed by atoms with Gasteiger partial charge in [-0.05, 0) is 50.1 Å². The van der Waals surface area contributed by atoms with Crippen LogP contribution >= 0.6 is 0 Å². The Labute approximate surface area is 282 Å². The van der Waals surface area contributed by atoms with Crippen molar-refractivity contribution >= 4 is 43.0 Å². The van der Waals surface area contributed by atoms with E-state index in [4.69, 9.17) is 41.2 Å². The number of nitrogens with zero attached hydrogens (tertiary/aromatic N) is 2. The highest BCUT2D eigenvalue weighted by Crippen LogP contribution is 2.19. The number of carbonyl (C=O) groups excluding carboxylic acids is 3. The number of halogens is 2. The Balaban J connectivity index is -0.000000222. The average molecular weight is 663 g/mol. The second-order valence-electron chi connectivity index (χ2n) is 9.56. The first-order valence-corrected chi connectivity index (χ1v) is 15.3. The van der Waals surface area contributed by atoms with Crippen LogP contribution in [0, 0.1) is 29.2 Å². The zero-order chi connectivity index (χ0) is 43.0. The van der Waals surface area contributed by atoms with Gasteiger partial charge in [-0.1, -0.05) is 34.5 Å². The number of carboxylic acid groups (broad SMARTS) is 1. The van der Waals surface area contributed by atoms with Crippen LogP contribution in [0.15, 0.2) is 36.3 Å². The molecule has 6 N–H and O–H groups in total. The number of carboxylic acids is 1. The lowest BCUT2D eigenvalue weighted by Crippen LogP contribution is -2.26. The van der Waals surface area contributed by atoms with Gasteiger partial charge in [0.25, 0.3) is 23.4 Å². The zero-order valence-corrected chi connectivity index (χ0v) is 26.0. The number of rotatable bonds is 4. The lowest BCUT2D eigenvalue weighted by molar-refractivity contribution is -0.134. The molecule has 0 heterocycles. The van der Waals surface area contributed by atoms with E-state index in [9.17, 15) is 23.2 Å². The van der Waals surface area contributed by atoms with Crippen molar-refractivity contribution in [3.63, 3.8) is 0 Å². The number of nitrogens with one attached hydrogen (secondary N) is 3. The first kappa shape index (κ1) is 30.2. The molecule has 0 fully saturated rings. The Morgan fingerprint density at radius 3 is 1.69 bits per heavy atom. The van der Waals surface area contributed by atoms with Crippen LogP contribution in [0.1, 0.15) is 83.9 Å². The fourth-order valence-corrected chi connectivity index (χ4v) is 1.72. The molecular weight excluding hydrogens is 602 g/mol. The van der Waals surface area contributed by atoms with E-state index in [1.165, 1.54) is 27.7 Å². The van der Waals surface area contributed by atoms with E-state index < -0.39 is 92.0 Å². The van der Waals surface area contributed by atoms with Crippen LogP contribution in [-0.4, -0.2) is 56.4 Å². The number of anilines is 2.